The lowest BCUT2D eigenvalue weighted by atomic mass is 10.0. The van der Waals surface area contributed by atoms with Gasteiger partial charge in [0, 0.05) is 35.4 Å². The molecule has 2 saturated heterocycles. The molecule has 0 saturated carbocycles. The molecular weight excluding hydrogens is 520 g/mol. The molecule has 4 unspecified atom stereocenters. The number of hydrogen-bond acceptors (Lipinski definition) is 7. The summed E-state index contributed by atoms with van der Waals surface area (Å²) in [6.45, 7) is -0.112. The Morgan fingerprint density at radius 2 is 1.77 bits per heavy atom. The summed E-state index contributed by atoms with van der Waals surface area (Å²) in [6.07, 6.45) is -1.89. The normalized spacial score (nSPS) is 22.1. The van der Waals surface area contributed by atoms with Crippen molar-refractivity contribution in [2.24, 2.45) is 0 Å². The summed E-state index contributed by atoms with van der Waals surface area (Å²) >= 11 is 0. The molecule has 0 radical (unpaired) electrons. The molecule has 3 N–H and O–H groups in total. The number of alkyl halides is 4. The van der Waals surface area contributed by atoms with E-state index in [-0.39, 0.29) is 42.2 Å². The molecule has 202 valence electrons. The number of fused-ring (bicyclic) bond motifs is 3. The Hall–Kier alpha value is -4.17. The van der Waals surface area contributed by atoms with Crippen LogP contribution < -0.4 is 10.6 Å². The van der Waals surface area contributed by atoms with E-state index in [4.69, 9.17) is 4.74 Å². The fraction of sp³-hybridized carbons (Fsp3) is 0.320. The molecule has 2 bridgehead atoms. The van der Waals surface area contributed by atoms with Crippen molar-refractivity contribution in [2.45, 2.75) is 36.9 Å². The number of benzene rings is 1. The van der Waals surface area contributed by atoms with E-state index in [1.807, 2.05) is 0 Å². The highest BCUT2D eigenvalue weighted by atomic mass is 19.4. The largest absolute Gasteiger partial charge is 0.409 e. The van der Waals surface area contributed by atoms with Crippen molar-refractivity contribution in [3.63, 3.8) is 0 Å². The molecule has 2 amide bonds. The van der Waals surface area contributed by atoms with E-state index in [2.05, 4.69) is 35.8 Å². The number of pyridine rings is 1. The van der Waals surface area contributed by atoms with E-state index in [9.17, 15) is 22.4 Å². The summed E-state index contributed by atoms with van der Waals surface area (Å²) in [5, 5.41) is 12.0. The number of hydrogen-bond donors (Lipinski definition) is 3. The van der Waals surface area contributed by atoms with Crippen molar-refractivity contribution in [3.05, 3.63) is 60.7 Å². The van der Waals surface area contributed by atoms with Gasteiger partial charge in [0.05, 0.1) is 36.5 Å². The molecule has 10 nitrogen and oxygen atoms in total. The van der Waals surface area contributed by atoms with Gasteiger partial charge in [0.15, 0.2) is 17.5 Å². The van der Waals surface area contributed by atoms with Gasteiger partial charge in [-0.3, -0.25) is 15.0 Å². The number of rotatable bonds is 5. The molecule has 4 aromatic rings. The second kappa shape index (κ2) is 9.85. The monoisotopic (exact) mass is 542 g/mol. The van der Waals surface area contributed by atoms with Crippen LogP contribution in [0.3, 0.4) is 0 Å². The second-order valence-corrected chi connectivity index (χ2v) is 9.36. The van der Waals surface area contributed by atoms with Crippen molar-refractivity contribution in [1.29, 1.82) is 0 Å². The third kappa shape index (κ3) is 4.88. The maximum Gasteiger partial charge on any atom is 0.409 e. The Labute approximate surface area is 218 Å². The Kier molecular flexibility index (Phi) is 6.35. The van der Waals surface area contributed by atoms with Crippen molar-refractivity contribution < 1.29 is 27.1 Å². The number of aromatic nitrogens is 5. The van der Waals surface area contributed by atoms with Gasteiger partial charge in [0.1, 0.15) is 6.17 Å². The van der Waals surface area contributed by atoms with E-state index in [1.165, 1.54) is 18.6 Å². The number of carbonyl (C=O) groups excluding carboxylic acids is 1. The fourth-order valence-corrected chi connectivity index (χ4v) is 5.16. The first-order chi connectivity index (χ1) is 18.8. The first-order valence-electron chi connectivity index (χ1n) is 12.1. The van der Waals surface area contributed by atoms with Crippen LogP contribution in [0.2, 0.25) is 0 Å². The molecule has 2 aliphatic rings. The minimum absolute atomic E-state index is 0.0131. The van der Waals surface area contributed by atoms with E-state index < -0.39 is 36.5 Å². The predicted octanol–water partition coefficient (Wildman–Crippen LogP) is 4.47. The molecule has 5 heterocycles. The van der Waals surface area contributed by atoms with Gasteiger partial charge < -0.3 is 15.4 Å². The smallest absolute Gasteiger partial charge is 0.378 e. The summed E-state index contributed by atoms with van der Waals surface area (Å²) in [7, 11) is 0. The lowest BCUT2D eigenvalue weighted by Crippen LogP contribution is -2.53. The summed E-state index contributed by atoms with van der Waals surface area (Å²) < 4.78 is 64.0. The second-order valence-electron chi connectivity index (χ2n) is 9.36. The van der Waals surface area contributed by atoms with Crippen LogP contribution in [0.5, 0.6) is 0 Å². The van der Waals surface area contributed by atoms with Gasteiger partial charge in [-0.05, 0) is 42.8 Å². The molecule has 6 rings (SSSR count). The lowest BCUT2D eigenvalue weighted by molar-refractivity contribution is -0.208. The van der Waals surface area contributed by atoms with Crippen LogP contribution in [0.25, 0.3) is 22.4 Å². The average Bonchev–Trinajstić information content (AvgIpc) is 3.44. The minimum Gasteiger partial charge on any atom is -0.378 e. The third-order valence-corrected chi connectivity index (χ3v) is 6.86. The van der Waals surface area contributed by atoms with Crippen molar-refractivity contribution in [3.8, 4) is 11.4 Å². The fourth-order valence-electron chi connectivity index (χ4n) is 5.16. The number of H-pyrrole nitrogens is 1. The molecule has 2 aliphatic heterocycles. The Bertz CT molecular complexity index is 1480. The number of carbonyl (C=O) groups is 1. The highest BCUT2D eigenvalue weighted by Crippen LogP contribution is 2.47. The number of nitrogens with one attached hydrogen (secondary N) is 3. The van der Waals surface area contributed by atoms with Crippen LogP contribution in [0.15, 0.2) is 55.0 Å². The molecule has 0 aliphatic carbocycles. The van der Waals surface area contributed by atoms with Gasteiger partial charge in [-0.1, -0.05) is 0 Å². The Morgan fingerprint density at radius 3 is 2.46 bits per heavy atom. The van der Waals surface area contributed by atoms with Gasteiger partial charge in [-0.25, -0.2) is 19.2 Å². The molecule has 1 aromatic carbocycles. The third-order valence-electron chi connectivity index (χ3n) is 6.86. The van der Waals surface area contributed by atoms with Crippen molar-refractivity contribution in [1.82, 2.24) is 30.0 Å². The molecular formula is C25H22F4N8O2. The number of urea groups is 1. The van der Waals surface area contributed by atoms with Crippen LogP contribution in [-0.2, 0) is 4.74 Å². The predicted molar refractivity (Wildman–Crippen MR) is 133 cm³/mol. The number of halogens is 4. The van der Waals surface area contributed by atoms with Gasteiger partial charge in [-0.2, -0.15) is 18.3 Å². The van der Waals surface area contributed by atoms with Crippen LogP contribution in [0.1, 0.15) is 18.2 Å². The first kappa shape index (κ1) is 25.1. The van der Waals surface area contributed by atoms with E-state index >= 15 is 0 Å². The summed E-state index contributed by atoms with van der Waals surface area (Å²) in [5.41, 5.74) is 1.24. The van der Waals surface area contributed by atoms with Gasteiger partial charge in [0.25, 0.3) is 0 Å². The van der Waals surface area contributed by atoms with Crippen LogP contribution >= 0.6 is 0 Å². The van der Waals surface area contributed by atoms with Gasteiger partial charge in [-0.15, -0.1) is 0 Å². The molecule has 14 heteroatoms. The molecule has 4 atom stereocenters. The van der Waals surface area contributed by atoms with E-state index in [1.54, 1.807) is 36.4 Å². The van der Waals surface area contributed by atoms with Crippen molar-refractivity contribution >= 4 is 28.4 Å². The SMILES string of the molecule is O=C(Nc1ccncc1)Nc1ccc(-c2nc(C(N3C4COCC3C(F)C4)C(F)(F)F)c3cn[nH]c3n2)cc1. The van der Waals surface area contributed by atoms with Crippen molar-refractivity contribution in [2.75, 3.05) is 23.8 Å². The highest BCUT2D eigenvalue weighted by Gasteiger charge is 2.57. The average molecular weight is 542 g/mol. The van der Waals surface area contributed by atoms with E-state index in [0.29, 0.717) is 16.9 Å². The Morgan fingerprint density at radius 1 is 1.05 bits per heavy atom. The van der Waals surface area contributed by atoms with Crippen LogP contribution in [0.4, 0.5) is 33.7 Å². The summed E-state index contributed by atoms with van der Waals surface area (Å²) in [5.74, 6) is 0.0289. The number of nitrogens with zero attached hydrogens (tertiary/aromatic N) is 5. The zero-order chi connectivity index (χ0) is 27.1. The minimum atomic E-state index is -4.75. The van der Waals surface area contributed by atoms with Gasteiger partial charge >= 0.3 is 12.2 Å². The quantitative estimate of drug-likeness (QED) is 0.318. The molecule has 39 heavy (non-hydrogen) atoms. The highest BCUT2D eigenvalue weighted by molar-refractivity contribution is 5.99. The number of amides is 2. The maximum absolute atomic E-state index is 14.7. The zero-order valence-corrected chi connectivity index (χ0v) is 20.2. The number of anilines is 2. The number of ether oxygens (including phenoxy) is 1. The topological polar surface area (TPSA) is 121 Å². The number of aromatic amines is 1. The number of morpholine rings is 1. The summed E-state index contributed by atoms with van der Waals surface area (Å²) in [6, 6.07) is 5.19. The summed E-state index contributed by atoms with van der Waals surface area (Å²) in [4.78, 5) is 26.0. The molecule has 0 spiro atoms. The lowest BCUT2D eigenvalue weighted by Gasteiger charge is -2.40. The van der Waals surface area contributed by atoms with E-state index in [0.717, 1.165) is 4.90 Å². The molecule has 2 fully saturated rings. The van der Waals surface area contributed by atoms with Crippen LogP contribution in [-0.4, -0.2) is 73.7 Å². The zero-order valence-electron chi connectivity index (χ0n) is 20.2. The first-order valence-corrected chi connectivity index (χ1v) is 12.1. The molecule has 3 aromatic heterocycles. The Balaban J connectivity index is 1.32. The standard InChI is InChI=1S/C25H22F4N8O2/c26-18-9-16-11-39-12-19(18)37(16)21(25(27,28)29)20-17-10-31-36-23(17)35-22(34-20)13-1-3-14(4-2-13)32-24(38)33-15-5-7-30-8-6-15/h1-8,10,16,18-19,21H,9,11-12H2,(H2,30,32,33,38)(H,31,34,35,36). The van der Waals surface area contributed by atoms with Crippen LogP contribution in [0, 0.1) is 0 Å². The van der Waals surface area contributed by atoms with Gasteiger partial charge in [0.2, 0.25) is 0 Å². The maximum atomic E-state index is 14.7.